The Morgan fingerprint density at radius 3 is 2.62 bits per heavy atom. The summed E-state index contributed by atoms with van der Waals surface area (Å²) in [6.45, 7) is 0. The van der Waals surface area contributed by atoms with Gasteiger partial charge in [-0.05, 0) is 30.3 Å². The summed E-state index contributed by atoms with van der Waals surface area (Å²) in [5.74, 6) is -0.134. The van der Waals surface area contributed by atoms with Crippen molar-refractivity contribution in [2.45, 2.75) is 6.42 Å². The maximum atomic E-state index is 14.2. The fourth-order valence-electron chi connectivity index (χ4n) is 2.30. The quantitative estimate of drug-likeness (QED) is 0.636. The molecule has 0 saturated carbocycles. The zero-order chi connectivity index (χ0) is 15.0. The molecule has 0 aliphatic carbocycles. The standard InChI is InChI=1S/C15H10Cl2F2N2/c16-7-6-14-20-15-10(18)2-1-3-13(15)21(14)12-5-4-9(17)8-11(12)19/h1-5,8H,6-7H2. The summed E-state index contributed by atoms with van der Waals surface area (Å²) in [5.41, 5.74) is 0.968. The van der Waals surface area contributed by atoms with E-state index in [1.165, 1.54) is 12.1 Å². The molecule has 0 fully saturated rings. The number of benzene rings is 2. The third-order valence-corrected chi connectivity index (χ3v) is 3.60. The number of nitrogens with zero attached hydrogens (tertiary/aromatic N) is 2. The summed E-state index contributed by atoms with van der Waals surface area (Å²) >= 11 is 11.5. The molecule has 0 bridgehead atoms. The van der Waals surface area contributed by atoms with Gasteiger partial charge in [0, 0.05) is 17.3 Å². The Kier molecular flexibility index (Phi) is 3.83. The van der Waals surface area contributed by atoms with E-state index in [0.29, 0.717) is 28.7 Å². The molecular weight excluding hydrogens is 317 g/mol. The summed E-state index contributed by atoms with van der Waals surface area (Å²) in [6, 6.07) is 8.91. The van der Waals surface area contributed by atoms with Crippen molar-refractivity contribution in [3.63, 3.8) is 0 Å². The highest BCUT2D eigenvalue weighted by Gasteiger charge is 2.17. The predicted octanol–water partition coefficient (Wildman–Crippen LogP) is 4.74. The summed E-state index contributed by atoms with van der Waals surface area (Å²) in [5, 5.41) is 0.297. The second-order valence-corrected chi connectivity index (χ2v) is 5.32. The van der Waals surface area contributed by atoms with Gasteiger partial charge in [-0.3, -0.25) is 4.57 Å². The molecule has 108 valence electrons. The van der Waals surface area contributed by atoms with Gasteiger partial charge < -0.3 is 0 Å². The van der Waals surface area contributed by atoms with Crippen LogP contribution in [-0.4, -0.2) is 15.4 Å². The Balaban J connectivity index is 2.33. The molecular formula is C15H10Cl2F2N2. The molecule has 1 heterocycles. The number of halogens is 4. The third kappa shape index (κ3) is 2.49. The van der Waals surface area contributed by atoms with Gasteiger partial charge in [-0.1, -0.05) is 17.7 Å². The highest BCUT2D eigenvalue weighted by atomic mass is 35.5. The van der Waals surface area contributed by atoms with E-state index in [2.05, 4.69) is 4.98 Å². The lowest BCUT2D eigenvalue weighted by atomic mass is 10.2. The van der Waals surface area contributed by atoms with E-state index < -0.39 is 11.6 Å². The minimum Gasteiger partial charge on any atom is -0.293 e. The molecule has 0 atom stereocenters. The minimum absolute atomic E-state index is 0.201. The predicted molar refractivity (Wildman–Crippen MR) is 80.4 cm³/mol. The van der Waals surface area contributed by atoms with Crippen molar-refractivity contribution in [1.29, 1.82) is 0 Å². The molecule has 6 heteroatoms. The lowest BCUT2D eigenvalue weighted by Crippen LogP contribution is -2.04. The van der Waals surface area contributed by atoms with Gasteiger partial charge in [0.25, 0.3) is 0 Å². The van der Waals surface area contributed by atoms with Gasteiger partial charge in [-0.2, -0.15) is 0 Å². The van der Waals surface area contributed by atoms with E-state index in [9.17, 15) is 8.78 Å². The molecule has 0 aliphatic heterocycles. The van der Waals surface area contributed by atoms with Gasteiger partial charge in [0.05, 0.1) is 11.2 Å². The molecule has 0 unspecified atom stereocenters. The van der Waals surface area contributed by atoms with Crippen LogP contribution in [0.15, 0.2) is 36.4 Å². The van der Waals surface area contributed by atoms with Crippen LogP contribution in [-0.2, 0) is 6.42 Å². The summed E-state index contributed by atoms with van der Waals surface area (Å²) < 4.78 is 29.7. The van der Waals surface area contributed by atoms with E-state index in [4.69, 9.17) is 23.2 Å². The first-order valence-corrected chi connectivity index (χ1v) is 7.20. The number of aryl methyl sites for hydroxylation is 1. The minimum atomic E-state index is -0.498. The first-order valence-electron chi connectivity index (χ1n) is 6.29. The molecule has 0 amide bonds. The first-order chi connectivity index (χ1) is 10.1. The largest absolute Gasteiger partial charge is 0.293 e. The maximum absolute atomic E-state index is 14.2. The summed E-state index contributed by atoms with van der Waals surface area (Å²) in [6.07, 6.45) is 0.401. The van der Waals surface area contributed by atoms with Gasteiger partial charge >= 0.3 is 0 Å². The fourth-order valence-corrected chi connectivity index (χ4v) is 2.62. The van der Waals surface area contributed by atoms with Crippen LogP contribution < -0.4 is 0 Å². The Morgan fingerprint density at radius 2 is 1.90 bits per heavy atom. The van der Waals surface area contributed by atoms with E-state index >= 15 is 0 Å². The van der Waals surface area contributed by atoms with E-state index in [0.717, 1.165) is 0 Å². The molecule has 0 spiro atoms. The number of para-hydroxylation sites is 1. The van der Waals surface area contributed by atoms with E-state index in [1.54, 1.807) is 28.8 Å². The van der Waals surface area contributed by atoms with Gasteiger partial charge in [-0.25, -0.2) is 13.8 Å². The fraction of sp³-hybridized carbons (Fsp3) is 0.133. The van der Waals surface area contributed by atoms with Crippen molar-refractivity contribution in [1.82, 2.24) is 9.55 Å². The zero-order valence-electron chi connectivity index (χ0n) is 10.8. The lowest BCUT2D eigenvalue weighted by Gasteiger charge is -2.10. The number of hydrogen-bond donors (Lipinski definition) is 0. The van der Waals surface area contributed by atoms with Crippen LogP contribution >= 0.6 is 23.2 Å². The Hall–Kier alpha value is -1.65. The van der Waals surface area contributed by atoms with Gasteiger partial charge in [0.2, 0.25) is 0 Å². The molecule has 21 heavy (non-hydrogen) atoms. The monoisotopic (exact) mass is 326 g/mol. The molecule has 0 saturated heterocycles. The van der Waals surface area contributed by atoms with Crippen molar-refractivity contribution in [3.8, 4) is 5.69 Å². The van der Waals surface area contributed by atoms with Crippen LogP contribution in [0.25, 0.3) is 16.7 Å². The van der Waals surface area contributed by atoms with Crippen molar-refractivity contribution in [3.05, 3.63) is 58.9 Å². The molecule has 2 aromatic carbocycles. The van der Waals surface area contributed by atoms with Gasteiger partial charge in [0.1, 0.15) is 17.2 Å². The van der Waals surface area contributed by atoms with Crippen LogP contribution in [0.1, 0.15) is 5.82 Å². The normalized spacial score (nSPS) is 11.2. The highest BCUT2D eigenvalue weighted by Crippen LogP contribution is 2.27. The van der Waals surface area contributed by atoms with Crippen molar-refractivity contribution < 1.29 is 8.78 Å². The molecule has 1 aromatic heterocycles. The second kappa shape index (κ2) is 5.62. The summed E-state index contributed by atoms with van der Waals surface area (Å²) in [7, 11) is 0. The highest BCUT2D eigenvalue weighted by molar-refractivity contribution is 6.30. The topological polar surface area (TPSA) is 17.8 Å². The van der Waals surface area contributed by atoms with E-state index in [1.807, 2.05) is 0 Å². The average Bonchev–Trinajstić information content (AvgIpc) is 2.79. The Labute approximate surface area is 129 Å². The van der Waals surface area contributed by atoms with Crippen molar-refractivity contribution in [2.75, 3.05) is 5.88 Å². The van der Waals surface area contributed by atoms with E-state index in [-0.39, 0.29) is 11.2 Å². The lowest BCUT2D eigenvalue weighted by molar-refractivity contribution is 0.617. The van der Waals surface area contributed by atoms with Crippen molar-refractivity contribution in [2.24, 2.45) is 0 Å². The van der Waals surface area contributed by atoms with Crippen LogP contribution in [0, 0.1) is 11.6 Å². The van der Waals surface area contributed by atoms with Crippen LogP contribution in [0.5, 0.6) is 0 Å². The molecule has 0 aliphatic rings. The SMILES string of the molecule is Fc1cc(Cl)ccc1-n1c(CCCl)nc2c(F)cccc21. The molecule has 0 N–H and O–H groups in total. The number of hydrogen-bond acceptors (Lipinski definition) is 1. The maximum Gasteiger partial charge on any atom is 0.151 e. The van der Waals surface area contributed by atoms with Crippen LogP contribution in [0.2, 0.25) is 5.02 Å². The number of alkyl halides is 1. The zero-order valence-corrected chi connectivity index (χ0v) is 12.3. The molecule has 3 aromatic rings. The van der Waals surface area contributed by atoms with Gasteiger partial charge in [-0.15, -0.1) is 11.6 Å². The number of aromatic nitrogens is 2. The summed E-state index contributed by atoms with van der Waals surface area (Å²) in [4.78, 5) is 4.25. The Bertz CT molecular complexity index is 815. The van der Waals surface area contributed by atoms with Crippen LogP contribution in [0.4, 0.5) is 8.78 Å². The smallest absolute Gasteiger partial charge is 0.151 e. The number of fused-ring (bicyclic) bond motifs is 1. The molecule has 0 radical (unpaired) electrons. The third-order valence-electron chi connectivity index (χ3n) is 3.17. The molecule has 3 rings (SSSR count). The first kappa shape index (κ1) is 14.3. The molecule has 2 nitrogen and oxygen atoms in total. The van der Waals surface area contributed by atoms with Crippen LogP contribution in [0.3, 0.4) is 0 Å². The average molecular weight is 327 g/mol. The van der Waals surface area contributed by atoms with Gasteiger partial charge in [0.15, 0.2) is 5.82 Å². The Morgan fingerprint density at radius 1 is 1.10 bits per heavy atom. The second-order valence-electron chi connectivity index (χ2n) is 4.51. The number of rotatable bonds is 3. The number of imidazole rings is 1. The van der Waals surface area contributed by atoms with Crippen molar-refractivity contribution >= 4 is 34.2 Å².